The van der Waals surface area contributed by atoms with E-state index in [2.05, 4.69) is 0 Å². The fourth-order valence-corrected chi connectivity index (χ4v) is 1.25. The van der Waals surface area contributed by atoms with Gasteiger partial charge in [-0.15, -0.1) is 0 Å². The first-order chi connectivity index (χ1) is 4.67. The molecular formula is C7H9F2N. The van der Waals surface area contributed by atoms with Gasteiger partial charge in [0.1, 0.15) is 5.92 Å². The second-order valence-electron chi connectivity index (χ2n) is 2.69. The van der Waals surface area contributed by atoms with Crippen LogP contribution in [0.1, 0.15) is 25.7 Å². The highest BCUT2D eigenvalue weighted by Gasteiger charge is 2.41. The van der Waals surface area contributed by atoms with E-state index in [1.807, 2.05) is 0 Å². The van der Waals surface area contributed by atoms with Crippen molar-refractivity contribution in [2.75, 3.05) is 0 Å². The maximum Gasteiger partial charge on any atom is 0.263 e. The van der Waals surface area contributed by atoms with Gasteiger partial charge in [0.2, 0.25) is 0 Å². The molecule has 1 fully saturated rings. The third-order valence-corrected chi connectivity index (χ3v) is 1.92. The number of rotatable bonds is 0. The summed E-state index contributed by atoms with van der Waals surface area (Å²) in [6.45, 7) is 0. The molecule has 56 valence electrons. The number of alkyl halides is 2. The van der Waals surface area contributed by atoms with Crippen LogP contribution in [0.3, 0.4) is 0 Å². The maximum atomic E-state index is 12.6. The van der Waals surface area contributed by atoms with E-state index in [-0.39, 0.29) is 6.42 Å². The Bertz CT molecular complexity index is 159. The predicted octanol–water partition coefficient (Wildman–Crippen LogP) is 2.34. The summed E-state index contributed by atoms with van der Waals surface area (Å²) in [5.74, 6) is -3.74. The summed E-state index contributed by atoms with van der Waals surface area (Å²) in [5, 5.41) is 8.30. The third-order valence-electron chi connectivity index (χ3n) is 1.92. The van der Waals surface area contributed by atoms with Crippen LogP contribution in [0.15, 0.2) is 0 Å². The molecule has 0 radical (unpaired) electrons. The summed E-state index contributed by atoms with van der Waals surface area (Å²) in [5.41, 5.74) is 0. The van der Waals surface area contributed by atoms with Gasteiger partial charge in [-0.3, -0.25) is 0 Å². The van der Waals surface area contributed by atoms with E-state index in [4.69, 9.17) is 5.26 Å². The number of hydrogen-bond donors (Lipinski definition) is 0. The lowest BCUT2D eigenvalue weighted by molar-refractivity contribution is -0.0645. The Kier molecular flexibility index (Phi) is 1.89. The summed E-state index contributed by atoms with van der Waals surface area (Å²) in [6, 6.07) is 1.64. The van der Waals surface area contributed by atoms with Gasteiger partial charge in [0.05, 0.1) is 6.07 Å². The molecule has 10 heavy (non-hydrogen) atoms. The van der Waals surface area contributed by atoms with Crippen molar-refractivity contribution in [2.45, 2.75) is 31.6 Å². The van der Waals surface area contributed by atoms with Gasteiger partial charge in [0.25, 0.3) is 5.92 Å². The summed E-state index contributed by atoms with van der Waals surface area (Å²) < 4.78 is 25.3. The Morgan fingerprint density at radius 2 is 2.10 bits per heavy atom. The van der Waals surface area contributed by atoms with E-state index in [1.165, 1.54) is 0 Å². The maximum absolute atomic E-state index is 12.6. The minimum Gasteiger partial charge on any atom is -0.205 e. The summed E-state index contributed by atoms with van der Waals surface area (Å²) in [6.07, 6.45) is 1.59. The molecule has 0 heterocycles. The van der Waals surface area contributed by atoms with Crippen LogP contribution >= 0.6 is 0 Å². The molecular weight excluding hydrogens is 136 g/mol. The normalized spacial score (nSPS) is 31.1. The number of nitriles is 1. The van der Waals surface area contributed by atoms with Crippen LogP contribution in [0.4, 0.5) is 8.78 Å². The minimum absolute atomic E-state index is 0.106. The SMILES string of the molecule is N#CC1CCCCC1(F)F. The topological polar surface area (TPSA) is 23.8 Å². The molecule has 1 saturated carbocycles. The Morgan fingerprint density at radius 1 is 1.40 bits per heavy atom. The highest BCUT2D eigenvalue weighted by Crippen LogP contribution is 2.37. The van der Waals surface area contributed by atoms with E-state index < -0.39 is 11.8 Å². The van der Waals surface area contributed by atoms with Crippen molar-refractivity contribution in [3.8, 4) is 6.07 Å². The van der Waals surface area contributed by atoms with Crippen molar-refractivity contribution in [1.29, 1.82) is 5.26 Å². The Balaban J connectivity index is 2.62. The van der Waals surface area contributed by atoms with Crippen LogP contribution < -0.4 is 0 Å². The number of nitrogens with zero attached hydrogens (tertiary/aromatic N) is 1. The zero-order valence-electron chi connectivity index (χ0n) is 5.61. The summed E-state index contributed by atoms with van der Waals surface area (Å²) >= 11 is 0. The quantitative estimate of drug-likeness (QED) is 0.513. The molecule has 0 aromatic carbocycles. The zero-order chi connectivity index (χ0) is 7.61. The Labute approximate surface area is 58.6 Å². The molecule has 0 amide bonds. The lowest BCUT2D eigenvalue weighted by atomic mass is 9.87. The second kappa shape index (κ2) is 2.53. The molecule has 1 aliphatic rings. The molecule has 1 unspecified atom stereocenters. The first-order valence-electron chi connectivity index (χ1n) is 3.44. The fraction of sp³-hybridized carbons (Fsp3) is 0.857. The molecule has 0 aliphatic heterocycles. The zero-order valence-corrected chi connectivity index (χ0v) is 5.61. The van der Waals surface area contributed by atoms with Gasteiger partial charge in [0, 0.05) is 6.42 Å². The number of hydrogen-bond acceptors (Lipinski definition) is 1. The van der Waals surface area contributed by atoms with Gasteiger partial charge in [0.15, 0.2) is 0 Å². The van der Waals surface area contributed by atoms with Crippen LogP contribution in [-0.2, 0) is 0 Å². The lowest BCUT2D eigenvalue weighted by Gasteiger charge is -2.25. The van der Waals surface area contributed by atoms with Crippen LogP contribution in [0.2, 0.25) is 0 Å². The standard InChI is InChI=1S/C7H9F2N/c8-7(9)4-2-1-3-6(7)5-10/h6H,1-4H2. The Morgan fingerprint density at radius 3 is 2.50 bits per heavy atom. The predicted molar refractivity (Wildman–Crippen MR) is 32.5 cm³/mol. The molecule has 0 saturated heterocycles. The van der Waals surface area contributed by atoms with Gasteiger partial charge in [-0.05, 0) is 12.8 Å². The van der Waals surface area contributed by atoms with Gasteiger partial charge >= 0.3 is 0 Å². The molecule has 0 aromatic rings. The first-order valence-corrected chi connectivity index (χ1v) is 3.44. The van der Waals surface area contributed by atoms with Gasteiger partial charge in [-0.2, -0.15) is 5.26 Å². The van der Waals surface area contributed by atoms with E-state index >= 15 is 0 Å². The average Bonchev–Trinajstić information content (AvgIpc) is 1.87. The second-order valence-corrected chi connectivity index (χ2v) is 2.69. The smallest absolute Gasteiger partial charge is 0.205 e. The van der Waals surface area contributed by atoms with Crippen LogP contribution in [0.25, 0.3) is 0 Å². The fourth-order valence-electron chi connectivity index (χ4n) is 1.25. The third kappa shape index (κ3) is 1.26. The molecule has 3 heteroatoms. The molecule has 1 aliphatic carbocycles. The van der Waals surface area contributed by atoms with Crippen molar-refractivity contribution in [3.05, 3.63) is 0 Å². The monoisotopic (exact) mass is 145 g/mol. The van der Waals surface area contributed by atoms with Gasteiger partial charge in [-0.1, -0.05) is 6.42 Å². The summed E-state index contributed by atoms with van der Waals surface area (Å²) in [4.78, 5) is 0. The van der Waals surface area contributed by atoms with E-state index in [0.29, 0.717) is 12.8 Å². The molecule has 1 nitrogen and oxygen atoms in total. The van der Waals surface area contributed by atoms with Gasteiger partial charge < -0.3 is 0 Å². The van der Waals surface area contributed by atoms with E-state index in [1.54, 1.807) is 6.07 Å². The van der Waals surface area contributed by atoms with E-state index in [0.717, 1.165) is 6.42 Å². The largest absolute Gasteiger partial charge is 0.263 e. The minimum atomic E-state index is -2.72. The average molecular weight is 145 g/mol. The Hall–Kier alpha value is -0.650. The first kappa shape index (κ1) is 7.46. The van der Waals surface area contributed by atoms with Crippen molar-refractivity contribution in [3.63, 3.8) is 0 Å². The molecule has 0 aromatic heterocycles. The molecule has 0 N–H and O–H groups in total. The number of halogens is 2. The lowest BCUT2D eigenvalue weighted by Crippen LogP contribution is -2.30. The van der Waals surface area contributed by atoms with Crippen LogP contribution in [-0.4, -0.2) is 5.92 Å². The summed E-state index contributed by atoms with van der Waals surface area (Å²) in [7, 11) is 0. The van der Waals surface area contributed by atoms with Crippen molar-refractivity contribution in [2.24, 2.45) is 5.92 Å². The molecule has 1 rings (SSSR count). The van der Waals surface area contributed by atoms with Gasteiger partial charge in [-0.25, -0.2) is 8.78 Å². The molecule has 1 atom stereocenters. The molecule has 0 bridgehead atoms. The highest BCUT2D eigenvalue weighted by atomic mass is 19.3. The van der Waals surface area contributed by atoms with Crippen molar-refractivity contribution >= 4 is 0 Å². The van der Waals surface area contributed by atoms with Crippen LogP contribution in [0, 0.1) is 17.2 Å². The van der Waals surface area contributed by atoms with Crippen molar-refractivity contribution < 1.29 is 8.78 Å². The highest BCUT2D eigenvalue weighted by molar-refractivity contribution is 4.95. The molecule has 0 spiro atoms. The van der Waals surface area contributed by atoms with E-state index in [9.17, 15) is 8.78 Å². The van der Waals surface area contributed by atoms with Crippen LogP contribution in [0.5, 0.6) is 0 Å². The van der Waals surface area contributed by atoms with Crippen molar-refractivity contribution in [1.82, 2.24) is 0 Å².